The lowest BCUT2D eigenvalue weighted by molar-refractivity contribution is -0.139. The highest BCUT2D eigenvalue weighted by Gasteiger charge is 2.47. The normalized spacial score (nSPS) is 16.8. The fraction of sp³-hybridized carbons (Fsp3) is 0.444. The van der Waals surface area contributed by atoms with Gasteiger partial charge in [0, 0.05) is 17.8 Å². The number of methoxy groups -OCH3 is 4. The van der Waals surface area contributed by atoms with Gasteiger partial charge in [-0.05, 0) is 64.2 Å². The number of hydrogen-bond acceptors (Lipinski definition) is 9. The second-order valence-corrected chi connectivity index (χ2v) is 9.22. The average Bonchev–Trinajstić information content (AvgIpc) is 3.33. The van der Waals surface area contributed by atoms with E-state index in [0.29, 0.717) is 47.0 Å². The third kappa shape index (κ3) is 5.06. The van der Waals surface area contributed by atoms with Crippen molar-refractivity contribution in [3.63, 3.8) is 0 Å². The molecule has 1 atom stereocenters. The minimum absolute atomic E-state index is 0.101. The van der Waals surface area contributed by atoms with Crippen LogP contribution in [0.15, 0.2) is 17.7 Å². The van der Waals surface area contributed by atoms with Gasteiger partial charge in [0.25, 0.3) is 11.7 Å². The lowest BCUT2D eigenvalue weighted by atomic mass is 9.93. The highest BCUT2D eigenvalue weighted by Crippen LogP contribution is 2.46. The van der Waals surface area contributed by atoms with Crippen LogP contribution in [0.5, 0.6) is 17.2 Å². The molecule has 1 aromatic carbocycles. The summed E-state index contributed by atoms with van der Waals surface area (Å²) in [4.78, 5) is 45.4. The van der Waals surface area contributed by atoms with Gasteiger partial charge in [0.15, 0.2) is 11.5 Å². The van der Waals surface area contributed by atoms with Gasteiger partial charge in [0.2, 0.25) is 5.75 Å². The molecule has 0 unspecified atom stereocenters. The SMILES string of the molecule is COC(=O)c1[nH]c(C)c(C(O)=C2C(=O)C(=O)N(CCCN(C)C)[C@@H]2c2cc(OC)c(OC)c(OC)c2)c1C. The number of carbonyl (C=O) groups excluding carboxylic acids is 3. The van der Waals surface area contributed by atoms with E-state index >= 15 is 0 Å². The minimum atomic E-state index is -0.943. The first-order valence-electron chi connectivity index (χ1n) is 12.0. The Morgan fingerprint density at radius 3 is 2.16 bits per heavy atom. The molecule has 1 fully saturated rings. The van der Waals surface area contributed by atoms with Crippen molar-refractivity contribution in [2.75, 3.05) is 55.6 Å². The Labute approximate surface area is 221 Å². The molecule has 1 saturated heterocycles. The standard InChI is InChI=1S/C27H35N3O8/c1-14-19(15(2)28-21(14)27(34)38-8)23(31)20-22(30(26(33)24(20)32)11-9-10-29(3)4)16-12-17(35-5)25(37-7)18(13-16)36-6/h12-13,22,28,31H,9-11H2,1-8H3/t22-/m1/s1. The Morgan fingerprint density at radius 1 is 1.05 bits per heavy atom. The monoisotopic (exact) mass is 529 g/mol. The molecule has 11 heteroatoms. The van der Waals surface area contributed by atoms with Crippen molar-refractivity contribution >= 4 is 23.4 Å². The zero-order valence-electron chi connectivity index (χ0n) is 23.1. The predicted octanol–water partition coefficient (Wildman–Crippen LogP) is 2.82. The van der Waals surface area contributed by atoms with E-state index in [0.717, 1.165) is 0 Å². The topological polar surface area (TPSA) is 131 Å². The lowest BCUT2D eigenvalue weighted by Crippen LogP contribution is -2.32. The van der Waals surface area contributed by atoms with Crippen LogP contribution in [0.3, 0.4) is 0 Å². The first-order valence-corrected chi connectivity index (χ1v) is 12.0. The van der Waals surface area contributed by atoms with Crippen molar-refractivity contribution in [1.82, 2.24) is 14.8 Å². The molecule has 2 aromatic rings. The van der Waals surface area contributed by atoms with Crippen molar-refractivity contribution in [3.8, 4) is 17.2 Å². The number of carbonyl (C=O) groups is 3. The van der Waals surface area contributed by atoms with Crippen molar-refractivity contribution in [2.45, 2.75) is 26.3 Å². The number of hydrogen-bond donors (Lipinski definition) is 2. The van der Waals surface area contributed by atoms with Gasteiger partial charge in [0.05, 0.1) is 40.1 Å². The second kappa shape index (κ2) is 11.6. The number of H-pyrrole nitrogens is 1. The van der Waals surface area contributed by atoms with Gasteiger partial charge < -0.3 is 38.8 Å². The summed E-state index contributed by atoms with van der Waals surface area (Å²) in [5.74, 6) is -1.55. The van der Waals surface area contributed by atoms with Gasteiger partial charge in [-0.15, -0.1) is 0 Å². The molecule has 2 N–H and O–H groups in total. The summed E-state index contributed by atoms with van der Waals surface area (Å²) >= 11 is 0. The number of Topliss-reactive ketones (excluding diaryl/α,β-unsaturated/α-hetero) is 1. The third-order valence-electron chi connectivity index (χ3n) is 6.61. The molecule has 1 aromatic heterocycles. The van der Waals surface area contributed by atoms with Crippen molar-refractivity contribution in [1.29, 1.82) is 0 Å². The van der Waals surface area contributed by atoms with E-state index in [1.165, 1.54) is 33.3 Å². The molecule has 38 heavy (non-hydrogen) atoms. The molecule has 11 nitrogen and oxygen atoms in total. The van der Waals surface area contributed by atoms with Crippen LogP contribution in [0, 0.1) is 13.8 Å². The number of aliphatic hydroxyl groups is 1. The predicted molar refractivity (Wildman–Crippen MR) is 140 cm³/mol. The Hall–Kier alpha value is -3.99. The summed E-state index contributed by atoms with van der Waals surface area (Å²) in [6, 6.07) is 2.36. The Kier molecular flexibility index (Phi) is 8.72. The highest BCUT2D eigenvalue weighted by molar-refractivity contribution is 6.46. The lowest BCUT2D eigenvalue weighted by Gasteiger charge is -2.27. The smallest absolute Gasteiger partial charge is 0.354 e. The van der Waals surface area contributed by atoms with Crippen LogP contribution >= 0.6 is 0 Å². The summed E-state index contributed by atoms with van der Waals surface area (Å²) in [5, 5.41) is 11.6. The zero-order valence-corrected chi connectivity index (χ0v) is 23.1. The third-order valence-corrected chi connectivity index (χ3v) is 6.61. The maximum Gasteiger partial charge on any atom is 0.354 e. The highest BCUT2D eigenvalue weighted by atomic mass is 16.5. The van der Waals surface area contributed by atoms with Gasteiger partial charge in [-0.3, -0.25) is 9.59 Å². The van der Waals surface area contributed by atoms with Crippen molar-refractivity contribution in [2.24, 2.45) is 0 Å². The molecule has 0 saturated carbocycles. The molecule has 2 heterocycles. The molecule has 0 radical (unpaired) electrons. The Bertz CT molecular complexity index is 1250. The summed E-state index contributed by atoms with van der Waals surface area (Å²) in [6.45, 7) is 4.24. The number of ether oxygens (including phenoxy) is 4. The molecular weight excluding hydrogens is 494 g/mol. The summed E-state index contributed by atoms with van der Waals surface area (Å²) < 4.78 is 21.3. The quantitative estimate of drug-likeness (QED) is 0.206. The van der Waals surface area contributed by atoms with Crippen LogP contribution in [0.4, 0.5) is 0 Å². The maximum atomic E-state index is 13.5. The molecule has 1 amide bonds. The van der Waals surface area contributed by atoms with E-state index in [2.05, 4.69) is 4.98 Å². The zero-order chi connectivity index (χ0) is 28.3. The fourth-order valence-corrected chi connectivity index (χ4v) is 4.82. The number of aliphatic hydroxyl groups excluding tert-OH is 1. The molecule has 1 aliphatic rings. The maximum absolute atomic E-state index is 13.5. The number of aromatic nitrogens is 1. The Morgan fingerprint density at radius 2 is 1.66 bits per heavy atom. The van der Waals surface area contributed by atoms with Gasteiger partial charge in [0.1, 0.15) is 11.5 Å². The van der Waals surface area contributed by atoms with Crippen LogP contribution in [-0.4, -0.2) is 93.2 Å². The first-order chi connectivity index (χ1) is 18.0. The minimum Gasteiger partial charge on any atom is -0.507 e. The molecule has 1 aliphatic heterocycles. The van der Waals surface area contributed by atoms with E-state index in [-0.39, 0.29) is 23.4 Å². The summed E-state index contributed by atoms with van der Waals surface area (Å²) in [7, 11) is 9.50. The van der Waals surface area contributed by atoms with Crippen LogP contribution in [0.2, 0.25) is 0 Å². The summed E-state index contributed by atoms with van der Waals surface area (Å²) in [6.07, 6.45) is 0.593. The van der Waals surface area contributed by atoms with Crippen LogP contribution in [-0.2, 0) is 14.3 Å². The molecule has 0 bridgehead atoms. The molecular formula is C27H35N3O8. The molecule has 0 aliphatic carbocycles. The van der Waals surface area contributed by atoms with Crippen molar-refractivity contribution in [3.05, 3.63) is 45.8 Å². The first kappa shape index (κ1) is 28.6. The number of esters is 1. The van der Waals surface area contributed by atoms with E-state index in [9.17, 15) is 19.5 Å². The number of benzene rings is 1. The summed E-state index contributed by atoms with van der Waals surface area (Å²) in [5.41, 5.74) is 1.64. The van der Waals surface area contributed by atoms with Crippen LogP contribution in [0.1, 0.15) is 45.3 Å². The van der Waals surface area contributed by atoms with E-state index in [4.69, 9.17) is 18.9 Å². The van der Waals surface area contributed by atoms with Crippen LogP contribution in [0.25, 0.3) is 5.76 Å². The number of ketones is 1. The fourth-order valence-electron chi connectivity index (χ4n) is 4.82. The largest absolute Gasteiger partial charge is 0.507 e. The second-order valence-electron chi connectivity index (χ2n) is 9.22. The average molecular weight is 530 g/mol. The Balaban J connectivity index is 2.29. The molecule has 206 valence electrons. The van der Waals surface area contributed by atoms with E-state index in [1.54, 1.807) is 26.0 Å². The van der Waals surface area contributed by atoms with Crippen LogP contribution < -0.4 is 14.2 Å². The number of aromatic amines is 1. The van der Waals surface area contributed by atoms with E-state index < -0.39 is 29.5 Å². The number of nitrogens with one attached hydrogen (secondary N) is 1. The van der Waals surface area contributed by atoms with Gasteiger partial charge in [-0.2, -0.15) is 0 Å². The number of nitrogens with zero attached hydrogens (tertiary/aromatic N) is 2. The molecule has 0 spiro atoms. The molecule has 3 rings (SSSR count). The van der Waals surface area contributed by atoms with E-state index in [1.807, 2.05) is 19.0 Å². The van der Waals surface area contributed by atoms with Gasteiger partial charge in [-0.25, -0.2) is 4.79 Å². The number of rotatable bonds is 10. The van der Waals surface area contributed by atoms with Crippen molar-refractivity contribution < 1.29 is 38.4 Å². The van der Waals surface area contributed by atoms with Gasteiger partial charge in [-0.1, -0.05) is 0 Å². The number of amides is 1. The number of aryl methyl sites for hydroxylation is 1. The number of likely N-dealkylation sites (tertiary alicyclic amines) is 1. The van der Waals surface area contributed by atoms with Gasteiger partial charge >= 0.3 is 5.97 Å².